The number of hydrogen-bond acceptors (Lipinski definition) is 8. The van der Waals surface area contributed by atoms with Gasteiger partial charge < -0.3 is 20.4 Å². The number of rotatable bonds is 9. The normalized spacial score (nSPS) is 29.3. The molecule has 0 saturated heterocycles. The second-order valence-corrected chi connectivity index (χ2v) is 13.5. The van der Waals surface area contributed by atoms with E-state index in [1.165, 1.54) is 31.3 Å². The maximum atomic E-state index is 12.9. The number of esters is 1. The van der Waals surface area contributed by atoms with Crippen molar-refractivity contribution in [1.29, 1.82) is 0 Å². The van der Waals surface area contributed by atoms with Gasteiger partial charge in [0.05, 0.1) is 11.3 Å². The molecule has 0 heterocycles. The molecule has 8 nitrogen and oxygen atoms in total. The van der Waals surface area contributed by atoms with Crippen LogP contribution in [0.4, 0.5) is 11.4 Å². The van der Waals surface area contributed by atoms with Gasteiger partial charge in [-0.2, -0.15) is 0 Å². The van der Waals surface area contributed by atoms with Crippen LogP contribution in [0.1, 0.15) is 96.3 Å². The number of hydrogen-bond donors (Lipinski definition) is 2. The molecule has 0 aromatic heterocycles. The number of anilines is 2. The number of benzene rings is 1. The summed E-state index contributed by atoms with van der Waals surface area (Å²) in [6.07, 6.45) is 16.8. The minimum atomic E-state index is -0.743. The quantitative estimate of drug-likeness (QED) is 0.166. The Kier molecular flexibility index (Phi) is 10.6. The molecule has 3 fully saturated rings. The average Bonchev–Trinajstić information content (AvgIpc) is 3.33. The Balaban J connectivity index is 1.46. The number of nitrogens with zero attached hydrogens (tertiary/aromatic N) is 2. The summed E-state index contributed by atoms with van der Waals surface area (Å²) in [7, 11) is 0. The van der Waals surface area contributed by atoms with Gasteiger partial charge >= 0.3 is 5.97 Å². The van der Waals surface area contributed by atoms with Gasteiger partial charge in [-0.3, -0.25) is 10.4 Å². The van der Waals surface area contributed by atoms with Crippen LogP contribution in [0.2, 0.25) is 0 Å². The first-order chi connectivity index (χ1) is 20.3. The number of carbonyl (C=O) groups excluding carboxylic acids is 1. The molecule has 236 valence electrons. The van der Waals surface area contributed by atoms with Crippen LogP contribution >= 0.6 is 0 Å². The molecule has 3 aliphatic rings. The largest absolute Gasteiger partial charge is 0.769 e. The van der Waals surface area contributed by atoms with Crippen LogP contribution in [0.15, 0.2) is 65.8 Å². The van der Waals surface area contributed by atoms with Crippen LogP contribution in [0.25, 0.3) is 0 Å². The summed E-state index contributed by atoms with van der Waals surface area (Å²) in [5, 5.41) is 40.3. The minimum Gasteiger partial charge on any atom is -0.769 e. The minimum absolute atomic E-state index is 0.116. The SMILES string of the molecule is C=C1CC[C@@H](OC(=O)c2cc(N([O-])[O-])cc(N(O)O)c2)CC1=CC=C1CCC[C@@]2(C)[C@@H]1CC[C@@H]2[C@H](C)C=C[C@H](C)C(C)C. The fraction of sp³-hybridized carbons (Fsp3) is 0.571. The van der Waals surface area contributed by atoms with Gasteiger partial charge in [0.15, 0.2) is 0 Å². The van der Waals surface area contributed by atoms with Crippen molar-refractivity contribution in [2.75, 3.05) is 10.5 Å². The lowest BCUT2D eigenvalue weighted by atomic mass is 9.61. The molecule has 43 heavy (non-hydrogen) atoms. The van der Waals surface area contributed by atoms with Crippen molar-refractivity contribution in [3.05, 3.63) is 81.8 Å². The Morgan fingerprint density at radius 2 is 1.77 bits per heavy atom. The van der Waals surface area contributed by atoms with E-state index in [1.54, 1.807) is 0 Å². The summed E-state index contributed by atoms with van der Waals surface area (Å²) in [5.41, 5.74) is 3.07. The molecule has 3 saturated carbocycles. The molecule has 0 radical (unpaired) electrons. The molecular formula is C35H48N2O6-2. The van der Waals surface area contributed by atoms with Crippen molar-refractivity contribution in [2.45, 2.75) is 92.1 Å². The van der Waals surface area contributed by atoms with Gasteiger partial charge in [-0.25, -0.2) is 4.79 Å². The van der Waals surface area contributed by atoms with E-state index < -0.39 is 23.0 Å². The van der Waals surface area contributed by atoms with Crippen molar-refractivity contribution in [3.8, 4) is 0 Å². The molecular weight excluding hydrogens is 544 g/mol. The zero-order valence-corrected chi connectivity index (χ0v) is 26.3. The third kappa shape index (κ3) is 7.60. The van der Waals surface area contributed by atoms with Gasteiger partial charge in [0, 0.05) is 12.1 Å². The van der Waals surface area contributed by atoms with Crippen LogP contribution in [0.5, 0.6) is 0 Å². The van der Waals surface area contributed by atoms with Gasteiger partial charge in [0.25, 0.3) is 0 Å². The summed E-state index contributed by atoms with van der Waals surface area (Å²) in [5.74, 6) is 2.30. The summed E-state index contributed by atoms with van der Waals surface area (Å²) in [6.45, 7) is 16.0. The fourth-order valence-corrected chi connectivity index (χ4v) is 7.48. The molecule has 0 unspecified atom stereocenters. The molecule has 8 heteroatoms. The molecule has 4 rings (SSSR count). The van der Waals surface area contributed by atoms with Gasteiger partial charge in [0.1, 0.15) is 6.10 Å². The monoisotopic (exact) mass is 592 g/mol. The first kappa shape index (κ1) is 33.0. The van der Waals surface area contributed by atoms with E-state index >= 15 is 0 Å². The topological polar surface area (TPSA) is 119 Å². The van der Waals surface area contributed by atoms with Gasteiger partial charge in [0.2, 0.25) is 0 Å². The second kappa shape index (κ2) is 13.8. The van der Waals surface area contributed by atoms with E-state index in [9.17, 15) is 25.6 Å². The fourth-order valence-electron chi connectivity index (χ4n) is 7.48. The smallest absolute Gasteiger partial charge is 0.338 e. The van der Waals surface area contributed by atoms with Crippen molar-refractivity contribution in [2.24, 2.45) is 35.0 Å². The highest BCUT2D eigenvalue weighted by Gasteiger charge is 2.50. The number of carbonyl (C=O) groups is 1. The Morgan fingerprint density at radius 3 is 2.44 bits per heavy atom. The van der Waals surface area contributed by atoms with E-state index in [0.29, 0.717) is 54.3 Å². The standard InChI is InChI=1S/C35H48N2O6/c1-22(2)23(3)9-10-25(5)32-15-16-33-26(8-7-17-35(32,33)6)12-13-27-20-31(14-11-24(27)4)43-34(38)28-18-29(36(39)40)21-30(19-28)37(41)42/h9-10,12-13,18-19,21-23,25,31-33,39-40H,4,7-8,11,14-17,20H2,1-3,5-6H3/q-2/t23-,25+,31+,32+,33+,35+/m0/s1. The van der Waals surface area contributed by atoms with Crippen LogP contribution in [-0.4, -0.2) is 22.5 Å². The van der Waals surface area contributed by atoms with Crippen LogP contribution in [0.3, 0.4) is 0 Å². The lowest BCUT2D eigenvalue weighted by molar-refractivity contribution is 0.0265. The Morgan fingerprint density at radius 1 is 1.05 bits per heavy atom. The highest BCUT2D eigenvalue weighted by atomic mass is 16.8. The molecule has 1 aromatic rings. The van der Waals surface area contributed by atoms with Crippen molar-refractivity contribution < 1.29 is 19.9 Å². The molecule has 3 aliphatic carbocycles. The molecule has 2 N–H and O–H groups in total. The Bertz CT molecular complexity index is 1240. The summed E-state index contributed by atoms with van der Waals surface area (Å²) < 4.78 is 5.75. The molecule has 0 bridgehead atoms. The van der Waals surface area contributed by atoms with Crippen LogP contribution in [-0.2, 0) is 4.74 Å². The zero-order valence-electron chi connectivity index (χ0n) is 26.3. The maximum Gasteiger partial charge on any atom is 0.338 e. The van der Waals surface area contributed by atoms with E-state index in [-0.39, 0.29) is 16.5 Å². The zero-order chi connectivity index (χ0) is 31.5. The molecule has 0 amide bonds. The number of fused-ring (bicyclic) bond motifs is 1. The highest BCUT2D eigenvalue weighted by molar-refractivity contribution is 5.92. The van der Waals surface area contributed by atoms with E-state index in [1.807, 2.05) is 0 Å². The third-order valence-electron chi connectivity index (χ3n) is 10.5. The molecule has 0 spiro atoms. The predicted octanol–water partition coefficient (Wildman–Crippen LogP) is 8.89. The lowest BCUT2D eigenvalue weighted by Crippen LogP contribution is -2.35. The summed E-state index contributed by atoms with van der Waals surface area (Å²) in [6, 6.07) is 3.19. The summed E-state index contributed by atoms with van der Waals surface area (Å²) >= 11 is 0. The van der Waals surface area contributed by atoms with E-state index in [4.69, 9.17) is 4.74 Å². The van der Waals surface area contributed by atoms with Gasteiger partial charge in [-0.05, 0) is 104 Å². The van der Waals surface area contributed by atoms with Gasteiger partial charge in [-0.15, -0.1) is 5.23 Å². The highest BCUT2D eigenvalue weighted by Crippen LogP contribution is 2.59. The first-order valence-corrected chi connectivity index (χ1v) is 15.7. The van der Waals surface area contributed by atoms with Gasteiger partial charge in [-0.1, -0.05) is 76.6 Å². The molecule has 0 aliphatic heterocycles. The first-order valence-electron chi connectivity index (χ1n) is 15.7. The second-order valence-electron chi connectivity index (χ2n) is 13.5. The molecule has 6 atom stereocenters. The van der Waals surface area contributed by atoms with Crippen molar-refractivity contribution in [3.63, 3.8) is 0 Å². The maximum absolute atomic E-state index is 12.9. The summed E-state index contributed by atoms with van der Waals surface area (Å²) in [4.78, 5) is 12.9. The molecule has 1 aromatic carbocycles. The predicted molar refractivity (Wildman–Crippen MR) is 171 cm³/mol. The number of ether oxygens (including phenoxy) is 1. The van der Waals surface area contributed by atoms with E-state index in [0.717, 1.165) is 35.8 Å². The Labute approximate surface area is 256 Å². The van der Waals surface area contributed by atoms with E-state index in [2.05, 4.69) is 65.5 Å². The number of allylic oxidation sites excluding steroid dienone is 6. The lowest BCUT2D eigenvalue weighted by Gasteiger charge is -2.44. The average molecular weight is 593 g/mol. The van der Waals surface area contributed by atoms with Crippen LogP contribution in [0, 0.1) is 45.4 Å². The van der Waals surface area contributed by atoms with Crippen molar-refractivity contribution >= 4 is 17.3 Å². The van der Waals surface area contributed by atoms with Crippen LogP contribution < -0.4 is 10.5 Å². The Hall–Kier alpha value is -2.91. The third-order valence-corrected chi connectivity index (χ3v) is 10.5. The van der Waals surface area contributed by atoms with Crippen molar-refractivity contribution in [1.82, 2.24) is 0 Å².